The second kappa shape index (κ2) is 10.1. The lowest BCUT2D eigenvalue weighted by Gasteiger charge is -2.09. The van der Waals surface area contributed by atoms with Crippen molar-refractivity contribution >= 4 is 33.2 Å². The highest BCUT2D eigenvalue weighted by molar-refractivity contribution is 8.00. The average Bonchev–Trinajstić information content (AvgIpc) is 3.29. The Bertz CT molecular complexity index is 1350. The quantitative estimate of drug-likeness (QED) is 0.340. The molecule has 168 valence electrons. The first-order chi connectivity index (χ1) is 16.0. The van der Waals surface area contributed by atoms with Gasteiger partial charge in [-0.2, -0.15) is 0 Å². The zero-order valence-corrected chi connectivity index (χ0v) is 19.6. The first kappa shape index (κ1) is 22.8. The number of para-hydroxylation sites is 1. The van der Waals surface area contributed by atoms with Crippen LogP contribution < -0.4 is 5.32 Å². The summed E-state index contributed by atoms with van der Waals surface area (Å²) < 4.78 is 26.7. The van der Waals surface area contributed by atoms with Gasteiger partial charge in [-0.05, 0) is 30.2 Å². The van der Waals surface area contributed by atoms with Gasteiger partial charge in [-0.3, -0.25) is 4.79 Å². The van der Waals surface area contributed by atoms with Gasteiger partial charge in [-0.25, -0.2) is 13.4 Å². The number of hydrogen-bond donors (Lipinski definition) is 2. The van der Waals surface area contributed by atoms with Gasteiger partial charge >= 0.3 is 0 Å². The predicted octanol–water partition coefficient (Wildman–Crippen LogP) is 5.20. The molecule has 6 nitrogen and oxygen atoms in total. The standard InChI is InChI=1S/C25H23N3O3S2/c1-2-18-11-9-10-16-21(18)26-22(29)17-32-24-25(33(30,31)20-14-7-4-8-15-20)28-23(27-24)19-12-5-3-6-13-19/h3-16H,2,17H2,1H3,(H,26,29)(H,27,28). The van der Waals surface area contributed by atoms with Crippen molar-refractivity contribution in [3.8, 4) is 11.4 Å². The topological polar surface area (TPSA) is 91.9 Å². The molecule has 0 bridgehead atoms. The van der Waals surface area contributed by atoms with Gasteiger partial charge in [0.15, 0.2) is 5.03 Å². The summed E-state index contributed by atoms with van der Waals surface area (Å²) in [4.78, 5) is 20.3. The number of amides is 1. The van der Waals surface area contributed by atoms with E-state index in [1.807, 2.05) is 61.5 Å². The summed E-state index contributed by atoms with van der Waals surface area (Å²) in [5.41, 5.74) is 2.55. The maximum atomic E-state index is 13.3. The molecule has 1 aromatic heterocycles. The Balaban J connectivity index is 1.63. The Labute approximate surface area is 197 Å². The highest BCUT2D eigenvalue weighted by Crippen LogP contribution is 2.32. The number of hydrogen-bond acceptors (Lipinski definition) is 5. The summed E-state index contributed by atoms with van der Waals surface area (Å²) in [6, 6.07) is 25.1. The molecule has 1 heterocycles. The normalized spacial score (nSPS) is 11.3. The number of aromatic amines is 1. The van der Waals surface area contributed by atoms with Crippen molar-refractivity contribution in [1.29, 1.82) is 0 Å². The van der Waals surface area contributed by atoms with Gasteiger partial charge in [0.05, 0.1) is 10.6 Å². The summed E-state index contributed by atoms with van der Waals surface area (Å²) in [5, 5.41) is 3.16. The number of aromatic nitrogens is 2. The van der Waals surface area contributed by atoms with Crippen molar-refractivity contribution in [2.45, 2.75) is 28.3 Å². The Morgan fingerprint density at radius 3 is 2.27 bits per heavy atom. The number of thioether (sulfide) groups is 1. The van der Waals surface area contributed by atoms with E-state index in [4.69, 9.17) is 0 Å². The van der Waals surface area contributed by atoms with Crippen molar-refractivity contribution in [3.63, 3.8) is 0 Å². The number of imidazole rings is 1. The summed E-state index contributed by atoms with van der Waals surface area (Å²) in [6.45, 7) is 2.02. The largest absolute Gasteiger partial charge is 0.328 e. The fraction of sp³-hybridized carbons (Fsp3) is 0.120. The Morgan fingerprint density at radius 2 is 1.58 bits per heavy atom. The SMILES string of the molecule is CCc1ccccc1NC(=O)CSc1nc(-c2ccccc2)[nH]c1S(=O)(=O)c1ccccc1. The van der Waals surface area contributed by atoms with Crippen LogP contribution in [-0.4, -0.2) is 30.0 Å². The molecule has 0 saturated heterocycles. The summed E-state index contributed by atoms with van der Waals surface area (Å²) in [6.07, 6.45) is 0.795. The number of H-pyrrole nitrogens is 1. The minimum Gasteiger partial charge on any atom is -0.328 e. The molecule has 0 saturated carbocycles. The summed E-state index contributed by atoms with van der Waals surface area (Å²) in [7, 11) is -3.84. The van der Waals surface area contributed by atoms with Gasteiger partial charge in [0.2, 0.25) is 15.7 Å². The van der Waals surface area contributed by atoms with Crippen LogP contribution in [0.3, 0.4) is 0 Å². The lowest BCUT2D eigenvalue weighted by Crippen LogP contribution is -2.15. The van der Waals surface area contributed by atoms with E-state index in [0.717, 1.165) is 35.0 Å². The molecule has 1 amide bonds. The number of carbonyl (C=O) groups excluding carboxylic acids is 1. The van der Waals surface area contributed by atoms with E-state index in [2.05, 4.69) is 15.3 Å². The van der Waals surface area contributed by atoms with Crippen LogP contribution in [0.4, 0.5) is 5.69 Å². The molecule has 8 heteroatoms. The number of anilines is 1. The second-order valence-corrected chi connectivity index (χ2v) is 10.1. The molecule has 0 radical (unpaired) electrons. The number of rotatable bonds is 8. The van der Waals surface area contributed by atoms with Crippen LogP contribution in [-0.2, 0) is 21.1 Å². The molecular weight excluding hydrogens is 454 g/mol. The molecule has 0 aliphatic rings. The van der Waals surface area contributed by atoms with E-state index in [1.165, 1.54) is 0 Å². The molecule has 33 heavy (non-hydrogen) atoms. The second-order valence-electron chi connectivity index (χ2n) is 7.25. The molecule has 0 aliphatic carbocycles. The van der Waals surface area contributed by atoms with Crippen LogP contribution in [0.2, 0.25) is 0 Å². The first-order valence-corrected chi connectivity index (χ1v) is 12.9. The number of sulfone groups is 1. The van der Waals surface area contributed by atoms with Crippen LogP contribution in [0, 0.1) is 0 Å². The lowest BCUT2D eigenvalue weighted by atomic mass is 10.1. The van der Waals surface area contributed by atoms with E-state index in [1.54, 1.807) is 30.3 Å². The molecule has 2 N–H and O–H groups in total. The number of nitrogens with zero attached hydrogens (tertiary/aromatic N) is 1. The summed E-state index contributed by atoms with van der Waals surface area (Å²) >= 11 is 1.09. The van der Waals surface area contributed by atoms with E-state index in [0.29, 0.717) is 5.82 Å². The summed E-state index contributed by atoms with van der Waals surface area (Å²) in [5.74, 6) is 0.228. The van der Waals surface area contributed by atoms with Crippen LogP contribution >= 0.6 is 11.8 Å². The van der Waals surface area contributed by atoms with E-state index in [-0.39, 0.29) is 26.6 Å². The van der Waals surface area contributed by atoms with Gasteiger partial charge in [-0.15, -0.1) is 0 Å². The van der Waals surface area contributed by atoms with Crippen molar-refractivity contribution in [2.75, 3.05) is 11.1 Å². The number of benzene rings is 3. The number of carbonyl (C=O) groups is 1. The third-order valence-electron chi connectivity index (χ3n) is 5.02. The van der Waals surface area contributed by atoms with Gasteiger partial charge in [0, 0.05) is 11.3 Å². The molecule has 0 spiro atoms. The van der Waals surface area contributed by atoms with Gasteiger partial charge < -0.3 is 10.3 Å². The molecule has 0 fully saturated rings. The molecule has 0 atom stereocenters. The fourth-order valence-electron chi connectivity index (χ4n) is 3.34. The molecule has 0 unspecified atom stereocenters. The third kappa shape index (κ3) is 5.18. The van der Waals surface area contributed by atoms with E-state index in [9.17, 15) is 13.2 Å². The van der Waals surface area contributed by atoms with Crippen molar-refractivity contribution in [3.05, 3.63) is 90.5 Å². The van der Waals surface area contributed by atoms with Crippen molar-refractivity contribution in [1.82, 2.24) is 9.97 Å². The minimum atomic E-state index is -3.84. The zero-order valence-electron chi connectivity index (χ0n) is 18.0. The number of aryl methyl sites for hydroxylation is 1. The van der Waals surface area contributed by atoms with Crippen LogP contribution in [0.1, 0.15) is 12.5 Å². The van der Waals surface area contributed by atoms with Crippen molar-refractivity contribution < 1.29 is 13.2 Å². The first-order valence-electron chi connectivity index (χ1n) is 10.4. The zero-order chi connectivity index (χ0) is 23.3. The van der Waals surface area contributed by atoms with Crippen LogP contribution in [0.5, 0.6) is 0 Å². The molecule has 4 rings (SSSR count). The van der Waals surface area contributed by atoms with E-state index >= 15 is 0 Å². The highest BCUT2D eigenvalue weighted by atomic mass is 32.2. The smallest absolute Gasteiger partial charge is 0.234 e. The lowest BCUT2D eigenvalue weighted by molar-refractivity contribution is -0.113. The number of nitrogens with one attached hydrogen (secondary N) is 2. The predicted molar refractivity (Wildman–Crippen MR) is 131 cm³/mol. The van der Waals surface area contributed by atoms with E-state index < -0.39 is 9.84 Å². The maximum absolute atomic E-state index is 13.3. The Hall–Kier alpha value is -3.36. The molecule has 0 aliphatic heterocycles. The minimum absolute atomic E-state index is 0.0145. The maximum Gasteiger partial charge on any atom is 0.234 e. The third-order valence-corrected chi connectivity index (χ3v) is 7.85. The van der Waals surface area contributed by atoms with Crippen molar-refractivity contribution in [2.24, 2.45) is 0 Å². The Morgan fingerprint density at radius 1 is 0.939 bits per heavy atom. The molecule has 4 aromatic rings. The molecular formula is C25H23N3O3S2. The highest BCUT2D eigenvalue weighted by Gasteiger charge is 2.26. The monoisotopic (exact) mass is 477 g/mol. The van der Waals surface area contributed by atoms with Gasteiger partial charge in [0.1, 0.15) is 10.9 Å². The van der Waals surface area contributed by atoms with Crippen LogP contribution in [0.15, 0.2) is 99.9 Å². The van der Waals surface area contributed by atoms with Gasteiger partial charge in [-0.1, -0.05) is 85.4 Å². The fourth-order valence-corrected chi connectivity index (χ4v) is 5.78. The average molecular weight is 478 g/mol. The van der Waals surface area contributed by atoms with Gasteiger partial charge in [0.25, 0.3) is 0 Å². The molecule has 3 aromatic carbocycles. The van der Waals surface area contributed by atoms with Crippen LogP contribution in [0.25, 0.3) is 11.4 Å². The Kier molecular flexibility index (Phi) is 6.96.